The number of rotatable bonds is 5. The molecule has 0 N–H and O–H groups in total. The number of furan rings is 1. The lowest BCUT2D eigenvalue weighted by Crippen LogP contribution is -1.97. The van der Waals surface area contributed by atoms with Gasteiger partial charge in [0, 0.05) is 55.0 Å². The molecule has 0 saturated carbocycles. The predicted octanol–water partition coefficient (Wildman–Crippen LogP) is 13.6. The van der Waals surface area contributed by atoms with E-state index in [-0.39, 0.29) is 0 Å². The van der Waals surface area contributed by atoms with Crippen LogP contribution >= 0.6 is 0 Å². The quantitative estimate of drug-likeness (QED) is 0.177. The molecule has 0 saturated heterocycles. The minimum absolute atomic E-state index is 0.644. The summed E-state index contributed by atoms with van der Waals surface area (Å²) >= 11 is 0. The largest absolute Gasteiger partial charge is 0.451 e. The molecule has 4 aromatic heterocycles. The van der Waals surface area contributed by atoms with Gasteiger partial charge in [-0.05, 0) is 60.2 Å². The van der Waals surface area contributed by atoms with E-state index in [1.807, 2.05) is 18.2 Å². The maximum atomic E-state index is 6.93. The van der Waals surface area contributed by atoms with E-state index >= 15 is 0 Å². The summed E-state index contributed by atoms with van der Waals surface area (Å²) in [6.07, 6.45) is 0. The third-order valence-electron chi connectivity index (χ3n) is 11.3. The third kappa shape index (κ3) is 4.82. The summed E-state index contributed by atoms with van der Waals surface area (Å²) in [6, 6.07) is 68.3. The minimum Gasteiger partial charge on any atom is -0.451 e. The zero-order valence-corrected chi connectivity index (χ0v) is 30.7. The van der Waals surface area contributed by atoms with E-state index in [0.717, 1.165) is 66.8 Å². The van der Waals surface area contributed by atoms with E-state index in [1.165, 1.54) is 32.6 Å². The molecule has 57 heavy (non-hydrogen) atoms. The highest BCUT2D eigenvalue weighted by Gasteiger charge is 2.21. The Morgan fingerprint density at radius 1 is 0.351 bits per heavy atom. The highest BCUT2D eigenvalue weighted by atomic mass is 16.3. The molecule has 8 aromatic carbocycles. The van der Waals surface area contributed by atoms with Gasteiger partial charge >= 0.3 is 0 Å². The standard InChI is InChI=1S/C52H32N4O/c1-2-15-33(16-3-1)48-51-49(54-52(53-48)35-18-13-20-37(32-35)56-46-29-10-6-23-41(46)42-24-7-11-30-47(42)56)43-26-14-25-38(50(43)57-51)34-17-12-19-36(31-34)55-44-27-8-4-21-39(44)40-22-5-9-28-45(40)55/h1-32H. The van der Waals surface area contributed by atoms with Crippen molar-refractivity contribution in [3.05, 3.63) is 194 Å². The van der Waals surface area contributed by atoms with Gasteiger partial charge in [-0.2, -0.15) is 0 Å². The van der Waals surface area contributed by atoms with Crippen molar-refractivity contribution < 1.29 is 4.42 Å². The molecule has 4 heterocycles. The molecule has 0 atom stereocenters. The smallest absolute Gasteiger partial charge is 0.180 e. The zero-order chi connectivity index (χ0) is 37.5. The second-order valence-electron chi connectivity index (χ2n) is 14.6. The van der Waals surface area contributed by atoms with Crippen LogP contribution in [-0.2, 0) is 0 Å². The maximum absolute atomic E-state index is 6.93. The topological polar surface area (TPSA) is 48.8 Å². The van der Waals surface area contributed by atoms with Gasteiger partial charge in [-0.1, -0.05) is 140 Å². The molecule has 12 aromatic rings. The Hall–Kier alpha value is -7.76. The summed E-state index contributed by atoms with van der Waals surface area (Å²) in [4.78, 5) is 10.6. The first-order valence-corrected chi connectivity index (χ1v) is 19.3. The molecule has 0 bridgehead atoms. The average molecular weight is 729 g/mol. The normalized spacial score (nSPS) is 11.9. The van der Waals surface area contributed by atoms with Crippen molar-refractivity contribution in [2.45, 2.75) is 0 Å². The first-order valence-electron chi connectivity index (χ1n) is 19.3. The lowest BCUT2D eigenvalue weighted by Gasteiger charge is -2.11. The SMILES string of the molecule is c1ccc(-c2nc(-c3cccc(-n4c5ccccc5c5ccccc54)c3)nc3c2oc2c(-c4cccc(-n5c6ccccc6c6ccccc65)c4)cccc23)cc1. The average Bonchev–Trinajstić information content (AvgIpc) is 3.94. The van der Waals surface area contributed by atoms with E-state index in [4.69, 9.17) is 14.4 Å². The van der Waals surface area contributed by atoms with Crippen LogP contribution in [0.1, 0.15) is 0 Å². The number of hydrogen-bond acceptors (Lipinski definition) is 3. The summed E-state index contributed by atoms with van der Waals surface area (Å²) in [7, 11) is 0. The highest BCUT2D eigenvalue weighted by Crippen LogP contribution is 2.41. The second kappa shape index (κ2) is 12.4. The van der Waals surface area contributed by atoms with Crippen molar-refractivity contribution >= 4 is 65.7 Å². The Morgan fingerprint density at radius 2 is 0.807 bits per heavy atom. The van der Waals surface area contributed by atoms with Crippen molar-refractivity contribution in [3.8, 4) is 45.1 Å². The van der Waals surface area contributed by atoms with Gasteiger partial charge in [0.25, 0.3) is 0 Å². The van der Waals surface area contributed by atoms with Crippen LogP contribution < -0.4 is 0 Å². The van der Waals surface area contributed by atoms with Crippen LogP contribution in [-0.4, -0.2) is 19.1 Å². The van der Waals surface area contributed by atoms with Crippen molar-refractivity contribution in [3.63, 3.8) is 0 Å². The first-order chi connectivity index (χ1) is 28.3. The number of benzene rings is 8. The first kappa shape index (κ1) is 31.6. The zero-order valence-electron chi connectivity index (χ0n) is 30.7. The van der Waals surface area contributed by atoms with Crippen LogP contribution in [0, 0.1) is 0 Å². The summed E-state index contributed by atoms with van der Waals surface area (Å²) in [5, 5.41) is 5.87. The second-order valence-corrected chi connectivity index (χ2v) is 14.6. The van der Waals surface area contributed by atoms with E-state index in [2.05, 4.69) is 185 Å². The highest BCUT2D eigenvalue weighted by molar-refractivity contribution is 6.12. The summed E-state index contributed by atoms with van der Waals surface area (Å²) in [5.74, 6) is 0.644. The molecule has 0 amide bonds. The van der Waals surface area contributed by atoms with E-state index in [9.17, 15) is 0 Å². The molecule has 0 radical (unpaired) electrons. The van der Waals surface area contributed by atoms with E-state index in [1.54, 1.807) is 0 Å². The molecule has 266 valence electrons. The van der Waals surface area contributed by atoms with Crippen LogP contribution in [0.3, 0.4) is 0 Å². The fraction of sp³-hybridized carbons (Fsp3) is 0. The maximum Gasteiger partial charge on any atom is 0.180 e. The van der Waals surface area contributed by atoms with Gasteiger partial charge in [0.05, 0.1) is 22.1 Å². The van der Waals surface area contributed by atoms with Crippen molar-refractivity contribution in [2.24, 2.45) is 0 Å². The number of fused-ring (bicyclic) bond motifs is 9. The molecular weight excluding hydrogens is 697 g/mol. The van der Waals surface area contributed by atoms with E-state index in [0.29, 0.717) is 11.4 Å². The van der Waals surface area contributed by atoms with Crippen molar-refractivity contribution in [1.29, 1.82) is 0 Å². The molecular formula is C52H32N4O. The minimum atomic E-state index is 0.644. The van der Waals surface area contributed by atoms with Gasteiger partial charge in [-0.25, -0.2) is 9.97 Å². The monoisotopic (exact) mass is 728 g/mol. The lowest BCUT2D eigenvalue weighted by atomic mass is 10.0. The Kier molecular flexibility index (Phi) is 6.86. The molecule has 5 nitrogen and oxygen atoms in total. The van der Waals surface area contributed by atoms with Gasteiger partial charge < -0.3 is 13.6 Å². The van der Waals surface area contributed by atoms with Gasteiger partial charge in [0.15, 0.2) is 11.4 Å². The molecule has 0 aliphatic carbocycles. The number of aromatic nitrogens is 4. The number of para-hydroxylation sites is 5. The van der Waals surface area contributed by atoms with Crippen LogP contribution in [0.4, 0.5) is 0 Å². The van der Waals surface area contributed by atoms with Crippen molar-refractivity contribution in [1.82, 2.24) is 19.1 Å². The van der Waals surface area contributed by atoms with Gasteiger partial charge in [-0.3, -0.25) is 0 Å². The Morgan fingerprint density at radius 3 is 1.39 bits per heavy atom. The molecule has 12 rings (SSSR count). The number of hydrogen-bond donors (Lipinski definition) is 0. The molecule has 0 spiro atoms. The number of nitrogens with zero attached hydrogens (tertiary/aromatic N) is 4. The van der Waals surface area contributed by atoms with Crippen LogP contribution in [0.5, 0.6) is 0 Å². The third-order valence-corrected chi connectivity index (χ3v) is 11.3. The van der Waals surface area contributed by atoms with Crippen LogP contribution in [0.25, 0.3) is 111 Å². The molecule has 0 unspecified atom stereocenters. The molecule has 0 aliphatic rings. The molecule has 0 fully saturated rings. The van der Waals surface area contributed by atoms with Gasteiger partial charge in [0.2, 0.25) is 0 Å². The van der Waals surface area contributed by atoms with Crippen molar-refractivity contribution in [2.75, 3.05) is 0 Å². The Bertz CT molecular complexity index is 3430. The summed E-state index contributed by atoms with van der Waals surface area (Å²) in [6.45, 7) is 0. The van der Waals surface area contributed by atoms with E-state index < -0.39 is 0 Å². The molecule has 0 aliphatic heterocycles. The van der Waals surface area contributed by atoms with Gasteiger partial charge in [0.1, 0.15) is 16.8 Å². The summed E-state index contributed by atoms with van der Waals surface area (Å²) in [5.41, 5.74) is 13.8. The Labute approximate surface area is 327 Å². The van der Waals surface area contributed by atoms with Gasteiger partial charge in [-0.15, -0.1) is 0 Å². The predicted molar refractivity (Wildman–Crippen MR) is 234 cm³/mol. The lowest BCUT2D eigenvalue weighted by molar-refractivity contribution is 0.668. The summed E-state index contributed by atoms with van der Waals surface area (Å²) < 4.78 is 11.6. The van der Waals surface area contributed by atoms with Crippen LogP contribution in [0.2, 0.25) is 0 Å². The molecule has 5 heteroatoms. The van der Waals surface area contributed by atoms with Crippen LogP contribution in [0.15, 0.2) is 199 Å². The fourth-order valence-electron chi connectivity index (χ4n) is 8.81. The fourth-order valence-corrected chi connectivity index (χ4v) is 8.81. The Balaban J connectivity index is 1.05.